The molecule has 0 unspecified atom stereocenters. The van der Waals surface area contributed by atoms with Crippen LogP contribution in [0.15, 0.2) is 36.5 Å². The molecule has 5 rings (SSSR count). The van der Waals surface area contributed by atoms with Crippen molar-refractivity contribution in [2.45, 2.75) is 45.4 Å². The summed E-state index contributed by atoms with van der Waals surface area (Å²) in [4.78, 5) is 14.4. The highest BCUT2D eigenvalue weighted by atomic mass is 35.5. The molecule has 2 fully saturated rings. The van der Waals surface area contributed by atoms with Crippen LogP contribution in [0.4, 0.5) is 17.3 Å². The summed E-state index contributed by atoms with van der Waals surface area (Å²) in [5, 5.41) is 8.55. The second kappa shape index (κ2) is 12.5. The smallest absolute Gasteiger partial charge is 0.227 e. The van der Waals surface area contributed by atoms with Crippen LogP contribution in [0, 0.1) is 5.92 Å². The van der Waals surface area contributed by atoms with Crippen molar-refractivity contribution in [1.29, 1.82) is 0 Å². The molecule has 8 heteroatoms. The maximum atomic E-state index is 6.79. The third-order valence-corrected chi connectivity index (χ3v) is 8.31. The van der Waals surface area contributed by atoms with E-state index in [1.54, 1.807) is 7.11 Å². The molecule has 2 saturated heterocycles. The van der Waals surface area contributed by atoms with Crippen LogP contribution < -0.4 is 20.3 Å². The summed E-state index contributed by atoms with van der Waals surface area (Å²) in [5.74, 6) is 2.51. The second-order valence-electron chi connectivity index (χ2n) is 10.9. The number of piperazine rings is 1. The minimum absolute atomic E-state index is 0.279. The first-order valence-corrected chi connectivity index (χ1v) is 14.5. The molecule has 0 saturated carbocycles. The van der Waals surface area contributed by atoms with Crippen LogP contribution in [0.1, 0.15) is 51.0 Å². The van der Waals surface area contributed by atoms with Crippen molar-refractivity contribution >= 4 is 39.8 Å². The predicted octanol–water partition coefficient (Wildman–Crippen LogP) is 6.06. The SMILES string of the molecule is COc1ccc2cnc(Nc3ccc(N4CCC(CCCN5CCNCC5)CC4)c(Cl)c3)nc2c1C(C)C. The molecular formula is C30H41ClN6O. The van der Waals surface area contributed by atoms with Gasteiger partial charge in [-0.25, -0.2) is 9.97 Å². The van der Waals surface area contributed by atoms with E-state index in [-0.39, 0.29) is 5.92 Å². The number of hydrogen-bond acceptors (Lipinski definition) is 7. The molecular weight excluding hydrogens is 496 g/mol. The fraction of sp³-hybridized carbons (Fsp3) is 0.533. The van der Waals surface area contributed by atoms with Crippen molar-refractivity contribution in [2.75, 3.05) is 63.1 Å². The van der Waals surface area contributed by atoms with Gasteiger partial charge in [-0.3, -0.25) is 0 Å². The second-order valence-corrected chi connectivity index (χ2v) is 11.3. The Morgan fingerprint density at radius 2 is 1.89 bits per heavy atom. The van der Waals surface area contributed by atoms with E-state index in [2.05, 4.69) is 51.4 Å². The summed E-state index contributed by atoms with van der Waals surface area (Å²) in [6, 6.07) is 10.2. The first-order chi connectivity index (χ1) is 18.5. The Kier molecular flexibility index (Phi) is 8.87. The molecule has 0 aliphatic carbocycles. The molecule has 0 amide bonds. The number of fused-ring (bicyclic) bond motifs is 1. The molecule has 0 atom stereocenters. The van der Waals surface area contributed by atoms with E-state index in [1.807, 2.05) is 24.4 Å². The Balaban J connectivity index is 1.19. The molecule has 0 radical (unpaired) electrons. The number of benzene rings is 2. The number of nitrogens with one attached hydrogen (secondary N) is 2. The summed E-state index contributed by atoms with van der Waals surface area (Å²) in [6.07, 6.45) is 6.99. The van der Waals surface area contributed by atoms with E-state index in [0.717, 1.165) is 70.7 Å². The lowest BCUT2D eigenvalue weighted by Crippen LogP contribution is -2.43. The summed E-state index contributed by atoms with van der Waals surface area (Å²) in [6.45, 7) is 12.4. The van der Waals surface area contributed by atoms with Crippen LogP contribution in [-0.4, -0.2) is 67.8 Å². The Bertz CT molecular complexity index is 1220. The number of nitrogens with zero attached hydrogens (tertiary/aromatic N) is 4. The van der Waals surface area contributed by atoms with E-state index < -0.39 is 0 Å². The highest BCUT2D eigenvalue weighted by Gasteiger charge is 2.21. The van der Waals surface area contributed by atoms with Gasteiger partial charge < -0.3 is 25.2 Å². The highest BCUT2D eigenvalue weighted by molar-refractivity contribution is 6.33. The van der Waals surface area contributed by atoms with Gasteiger partial charge in [0.2, 0.25) is 5.95 Å². The highest BCUT2D eigenvalue weighted by Crippen LogP contribution is 2.35. The number of aromatic nitrogens is 2. The van der Waals surface area contributed by atoms with Gasteiger partial charge >= 0.3 is 0 Å². The van der Waals surface area contributed by atoms with Crippen molar-refractivity contribution in [3.63, 3.8) is 0 Å². The number of halogens is 1. The van der Waals surface area contributed by atoms with Gasteiger partial charge in [0.1, 0.15) is 5.75 Å². The molecule has 2 aliphatic rings. The lowest BCUT2D eigenvalue weighted by atomic mass is 9.92. The van der Waals surface area contributed by atoms with Crippen LogP contribution in [0.25, 0.3) is 10.9 Å². The van der Waals surface area contributed by atoms with Gasteiger partial charge in [-0.15, -0.1) is 0 Å². The van der Waals surface area contributed by atoms with Crippen LogP contribution in [-0.2, 0) is 0 Å². The number of methoxy groups -OCH3 is 1. The van der Waals surface area contributed by atoms with Crippen molar-refractivity contribution < 1.29 is 4.74 Å². The monoisotopic (exact) mass is 536 g/mol. The average Bonchev–Trinajstić information content (AvgIpc) is 2.93. The van der Waals surface area contributed by atoms with E-state index in [0.29, 0.717) is 5.95 Å². The Labute approximate surface area is 231 Å². The molecule has 7 nitrogen and oxygen atoms in total. The number of rotatable bonds is 9. The van der Waals surface area contributed by atoms with Crippen LogP contribution >= 0.6 is 11.6 Å². The first kappa shape index (κ1) is 27.0. The molecule has 2 aromatic carbocycles. The molecule has 3 aromatic rings. The molecule has 204 valence electrons. The van der Waals surface area contributed by atoms with Crippen LogP contribution in [0.3, 0.4) is 0 Å². The summed E-state index contributed by atoms with van der Waals surface area (Å²) < 4.78 is 5.60. The molecule has 2 aliphatic heterocycles. The maximum Gasteiger partial charge on any atom is 0.227 e. The van der Waals surface area contributed by atoms with Gasteiger partial charge in [-0.1, -0.05) is 25.4 Å². The third kappa shape index (κ3) is 6.33. The van der Waals surface area contributed by atoms with Gasteiger partial charge in [-0.2, -0.15) is 0 Å². The Hall–Kier alpha value is -2.61. The van der Waals surface area contributed by atoms with Gasteiger partial charge in [0, 0.05) is 62.1 Å². The Morgan fingerprint density at radius 3 is 2.61 bits per heavy atom. The van der Waals surface area contributed by atoms with Gasteiger partial charge in [0.15, 0.2) is 0 Å². The first-order valence-electron chi connectivity index (χ1n) is 14.1. The molecule has 2 N–H and O–H groups in total. The predicted molar refractivity (Wildman–Crippen MR) is 158 cm³/mol. The van der Waals surface area contributed by atoms with Gasteiger partial charge in [-0.05, 0) is 74.4 Å². The molecule has 0 spiro atoms. The fourth-order valence-electron chi connectivity index (χ4n) is 5.87. The average molecular weight is 537 g/mol. The quantitative estimate of drug-likeness (QED) is 0.344. The molecule has 3 heterocycles. The van der Waals surface area contributed by atoms with Gasteiger partial charge in [0.25, 0.3) is 0 Å². The van der Waals surface area contributed by atoms with Crippen molar-refractivity contribution in [2.24, 2.45) is 5.92 Å². The zero-order chi connectivity index (χ0) is 26.5. The fourth-order valence-corrected chi connectivity index (χ4v) is 6.17. The maximum absolute atomic E-state index is 6.79. The number of hydrogen-bond donors (Lipinski definition) is 2. The summed E-state index contributed by atoms with van der Waals surface area (Å²) >= 11 is 6.79. The zero-order valence-corrected chi connectivity index (χ0v) is 23.7. The standard InChI is InChI=1S/C30H41ClN6O/c1-21(2)28-27(38-3)9-6-23-20-33-30(35-29(23)28)34-24-7-8-26(25(31)19-24)37-15-10-22(11-16-37)5-4-14-36-17-12-32-13-18-36/h6-9,19-22,32H,4-5,10-18H2,1-3H3,(H,33,34,35). The third-order valence-electron chi connectivity index (χ3n) is 8.00. The normalized spacial score (nSPS) is 17.3. The van der Waals surface area contributed by atoms with Crippen molar-refractivity contribution in [3.8, 4) is 5.75 Å². The van der Waals surface area contributed by atoms with E-state index in [4.69, 9.17) is 21.3 Å². The van der Waals surface area contributed by atoms with E-state index >= 15 is 0 Å². The lowest BCUT2D eigenvalue weighted by Gasteiger charge is -2.35. The number of piperidine rings is 1. The lowest BCUT2D eigenvalue weighted by molar-refractivity contribution is 0.227. The Morgan fingerprint density at radius 1 is 1.11 bits per heavy atom. The molecule has 38 heavy (non-hydrogen) atoms. The number of ether oxygens (including phenoxy) is 1. The summed E-state index contributed by atoms with van der Waals surface area (Å²) in [5.41, 5.74) is 4.00. The molecule has 1 aromatic heterocycles. The largest absolute Gasteiger partial charge is 0.496 e. The number of anilines is 3. The summed E-state index contributed by atoms with van der Waals surface area (Å²) in [7, 11) is 1.70. The van der Waals surface area contributed by atoms with Crippen molar-refractivity contribution in [1.82, 2.24) is 20.2 Å². The van der Waals surface area contributed by atoms with Crippen LogP contribution in [0.2, 0.25) is 5.02 Å². The van der Waals surface area contributed by atoms with Gasteiger partial charge in [0.05, 0.1) is 23.3 Å². The minimum Gasteiger partial charge on any atom is -0.496 e. The molecule has 0 bridgehead atoms. The zero-order valence-electron chi connectivity index (χ0n) is 23.0. The van der Waals surface area contributed by atoms with Crippen LogP contribution in [0.5, 0.6) is 5.75 Å². The van der Waals surface area contributed by atoms with E-state index in [1.165, 1.54) is 45.3 Å². The van der Waals surface area contributed by atoms with Crippen molar-refractivity contribution in [3.05, 3.63) is 47.1 Å². The van der Waals surface area contributed by atoms with E-state index in [9.17, 15) is 0 Å². The topological polar surface area (TPSA) is 65.6 Å². The minimum atomic E-state index is 0.279.